The van der Waals surface area contributed by atoms with Crippen molar-refractivity contribution in [2.24, 2.45) is 16.7 Å². The Hall–Kier alpha value is -2.08. The number of methoxy groups -OCH3 is 1. The van der Waals surface area contributed by atoms with Gasteiger partial charge < -0.3 is 19.7 Å². The zero-order chi connectivity index (χ0) is 27.9. The van der Waals surface area contributed by atoms with Gasteiger partial charge in [-0.25, -0.2) is 0 Å². The fraction of sp³-hybridized carbons (Fsp3) is 0.758. The minimum atomic E-state index is -0.548. The van der Waals surface area contributed by atoms with Gasteiger partial charge in [-0.2, -0.15) is 0 Å². The quantitative estimate of drug-likeness (QED) is 0.358. The van der Waals surface area contributed by atoms with E-state index in [-0.39, 0.29) is 36.2 Å². The van der Waals surface area contributed by atoms with Gasteiger partial charge in [0.15, 0.2) is 0 Å². The van der Waals surface area contributed by atoms with Crippen LogP contribution in [0.15, 0.2) is 24.3 Å². The molecule has 1 aromatic rings. The first-order chi connectivity index (χ1) is 18.5. The number of hydrogen-bond donors (Lipinski definition) is 1. The maximum absolute atomic E-state index is 13.4. The number of ether oxygens (including phenoxy) is 2. The van der Waals surface area contributed by atoms with Crippen LogP contribution in [-0.2, 0) is 14.3 Å². The summed E-state index contributed by atoms with van der Waals surface area (Å²) in [5.74, 6) is 1.38. The number of rotatable bonds is 10. The van der Waals surface area contributed by atoms with Crippen molar-refractivity contribution in [3.05, 3.63) is 29.8 Å². The number of carbonyl (C=O) groups excluding carboxylic acids is 2. The van der Waals surface area contributed by atoms with Gasteiger partial charge in [0, 0.05) is 24.4 Å². The van der Waals surface area contributed by atoms with Gasteiger partial charge in [0.1, 0.15) is 11.4 Å². The molecule has 3 atom stereocenters. The van der Waals surface area contributed by atoms with Crippen LogP contribution in [0, 0.1) is 16.7 Å². The molecule has 5 fully saturated rings. The Morgan fingerprint density at radius 1 is 0.949 bits per heavy atom. The summed E-state index contributed by atoms with van der Waals surface area (Å²) in [6.07, 6.45) is 12.5. The second-order valence-corrected chi connectivity index (χ2v) is 14.6. The van der Waals surface area contributed by atoms with Crippen LogP contribution in [0.5, 0.6) is 5.75 Å². The van der Waals surface area contributed by atoms with E-state index in [0.29, 0.717) is 10.8 Å². The number of esters is 1. The van der Waals surface area contributed by atoms with Crippen LogP contribution < -0.4 is 10.1 Å². The van der Waals surface area contributed by atoms with Gasteiger partial charge in [0.25, 0.3) is 0 Å². The van der Waals surface area contributed by atoms with Crippen LogP contribution in [0.4, 0.5) is 0 Å². The van der Waals surface area contributed by atoms with Crippen LogP contribution in [0.1, 0.15) is 109 Å². The Balaban J connectivity index is 1.25. The highest BCUT2D eigenvalue weighted by Gasteiger charge is 2.60. The van der Waals surface area contributed by atoms with E-state index in [0.717, 1.165) is 63.2 Å². The first-order valence-electron chi connectivity index (χ1n) is 15.3. The second-order valence-electron chi connectivity index (χ2n) is 14.6. The molecule has 0 radical (unpaired) electrons. The van der Waals surface area contributed by atoms with Gasteiger partial charge in [-0.1, -0.05) is 32.4 Å². The third-order valence-corrected chi connectivity index (χ3v) is 10.3. The molecule has 5 saturated carbocycles. The van der Waals surface area contributed by atoms with E-state index in [2.05, 4.69) is 50.3 Å². The summed E-state index contributed by atoms with van der Waals surface area (Å²) in [5.41, 5.74) is 1.22. The molecular weight excluding hydrogens is 488 g/mol. The van der Waals surface area contributed by atoms with Gasteiger partial charge >= 0.3 is 5.97 Å². The first-order valence-corrected chi connectivity index (χ1v) is 15.3. The number of benzene rings is 1. The molecule has 6 nitrogen and oxygen atoms in total. The van der Waals surface area contributed by atoms with Crippen LogP contribution >= 0.6 is 0 Å². The molecule has 6 rings (SSSR count). The van der Waals surface area contributed by atoms with E-state index < -0.39 is 5.60 Å². The summed E-state index contributed by atoms with van der Waals surface area (Å²) < 4.78 is 11.8. The van der Waals surface area contributed by atoms with Crippen LogP contribution in [0.2, 0.25) is 0 Å². The van der Waals surface area contributed by atoms with Crippen molar-refractivity contribution >= 4 is 11.9 Å². The molecule has 1 N–H and O–H groups in total. The van der Waals surface area contributed by atoms with Gasteiger partial charge in [-0.3, -0.25) is 9.59 Å². The summed E-state index contributed by atoms with van der Waals surface area (Å²) in [6.45, 7) is 5.64. The minimum absolute atomic E-state index is 0.0128. The maximum atomic E-state index is 13.4. The SMILES string of the molecule is COc1ccc(C(CN(C)C)C2(OC(=O)CCC(=O)NC34CC5CC(C)(CC(C)(C5)C3)C4)CCCCC2)cc1. The zero-order valence-electron chi connectivity index (χ0n) is 24.9. The first kappa shape index (κ1) is 28.4. The number of nitrogens with zero attached hydrogens (tertiary/aromatic N) is 1. The maximum Gasteiger partial charge on any atom is 0.306 e. The smallest absolute Gasteiger partial charge is 0.306 e. The van der Waals surface area contributed by atoms with E-state index in [9.17, 15) is 9.59 Å². The highest BCUT2D eigenvalue weighted by molar-refractivity contribution is 5.82. The van der Waals surface area contributed by atoms with Crippen LogP contribution in [-0.4, -0.2) is 55.7 Å². The number of hydrogen-bond acceptors (Lipinski definition) is 5. The van der Waals surface area contributed by atoms with Crippen molar-refractivity contribution in [1.29, 1.82) is 0 Å². The summed E-state index contributed by atoms with van der Waals surface area (Å²) in [4.78, 5) is 28.8. The van der Waals surface area contributed by atoms with E-state index in [1.807, 2.05) is 12.1 Å². The average Bonchev–Trinajstić information content (AvgIpc) is 2.84. The number of carbonyl (C=O) groups is 2. The highest BCUT2D eigenvalue weighted by Crippen LogP contribution is 2.66. The minimum Gasteiger partial charge on any atom is -0.497 e. The van der Waals surface area contributed by atoms with Gasteiger partial charge in [-0.15, -0.1) is 0 Å². The fourth-order valence-corrected chi connectivity index (χ4v) is 9.89. The third kappa shape index (κ3) is 6.16. The lowest BCUT2D eigenvalue weighted by atomic mass is 9.43. The van der Waals surface area contributed by atoms with Crippen LogP contribution in [0.25, 0.3) is 0 Å². The lowest BCUT2D eigenvalue weighted by Gasteiger charge is -2.65. The molecule has 0 saturated heterocycles. The van der Waals surface area contributed by atoms with E-state index in [4.69, 9.17) is 9.47 Å². The summed E-state index contributed by atoms with van der Waals surface area (Å²) >= 11 is 0. The van der Waals surface area contributed by atoms with Crippen molar-refractivity contribution in [2.75, 3.05) is 27.7 Å². The molecule has 1 aromatic carbocycles. The van der Waals surface area contributed by atoms with Gasteiger partial charge in [-0.05, 0) is 113 Å². The number of amides is 1. The summed E-state index contributed by atoms with van der Waals surface area (Å²) in [7, 11) is 5.83. The Bertz CT molecular complexity index is 1030. The average molecular weight is 539 g/mol. The normalized spacial score (nSPS) is 33.5. The lowest BCUT2D eigenvalue weighted by Crippen LogP contribution is -2.65. The van der Waals surface area contributed by atoms with Crippen molar-refractivity contribution in [1.82, 2.24) is 10.2 Å². The number of nitrogens with one attached hydrogen (secondary N) is 1. The van der Waals surface area contributed by atoms with Crippen molar-refractivity contribution < 1.29 is 19.1 Å². The predicted octanol–water partition coefficient (Wildman–Crippen LogP) is 6.23. The molecular formula is C33H50N2O4. The lowest BCUT2D eigenvalue weighted by molar-refractivity contribution is -0.168. The Labute approximate surface area is 235 Å². The van der Waals surface area contributed by atoms with E-state index in [1.54, 1.807) is 7.11 Å². The van der Waals surface area contributed by atoms with Crippen molar-refractivity contribution in [2.45, 2.75) is 114 Å². The molecule has 0 aromatic heterocycles. The molecule has 5 aliphatic rings. The molecule has 1 amide bonds. The Morgan fingerprint density at radius 2 is 1.59 bits per heavy atom. The third-order valence-electron chi connectivity index (χ3n) is 10.3. The summed E-state index contributed by atoms with van der Waals surface area (Å²) in [5, 5.41) is 3.46. The standard InChI is InChI=1S/C33H50N2O4/c1-30-17-24-18-31(2,21-30)23-32(19-24,22-30)34-28(36)13-14-29(37)39-33(15-7-6-8-16-33)27(20-35(3)4)25-9-11-26(38-5)12-10-25/h9-12,24,27H,6-8,13-23H2,1-5H3,(H,34,36). The van der Waals surface area contributed by atoms with Crippen LogP contribution in [0.3, 0.4) is 0 Å². The van der Waals surface area contributed by atoms with E-state index in [1.165, 1.54) is 31.2 Å². The fourth-order valence-electron chi connectivity index (χ4n) is 9.89. The molecule has 4 bridgehead atoms. The molecule has 3 unspecified atom stereocenters. The Morgan fingerprint density at radius 3 is 2.15 bits per heavy atom. The largest absolute Gasteiger partial charge is 0.497 e. The van der Waals surface area contributed by atoms with Gasteiger partial charge in [0.05, 0.1) is 13.5 Å². The predicted molar refractivity (Wildman–Crippen MR) is 154 cm³/mol. The number of likely N-dealkylation sites (N-methyl/N-ethyl adjacent to an activating group) is 1. The van der Waals surface area contributed by atoms with E-state index >= 15 is 0 Å². The molecule has 6 heteroatoms. The van der Waals surface area contributed by atoms with Crippen molar-refractivity contribution in [3.8, 4) is 5.75 Å². The highest BCUT2D eigenvalue weighted by atomic mass is 16.6. The zero-order valence-corrected chi connectivity index (χ0v) is 24.9. The molecule has 0 spiro atoms. The second kappa shape index (κ2) is 10.7. The molecule has 216 valence electrons. The Kier molecular flexibility index (Phi) is 7.82. The van der Waals surface area contributed by atoms with Gasteiger partial charge in [0.2, 0.25) is 5.91 Å². The topological polar surface area (TPSA) is 67.9 Å². The molecule has 39 heavy (non-hydrogen) atoms. The summed E-state index contributed by atoms with van der Waals surface area (Å²) in [6, 6.07) is 8.20. The molecule has 0 heterocycles. The molecule has 0 aliphatic heterocycles. The molecule has 5 aliphatic carbocycles. The van der Waals surface area contributed by atoms with Crippen molar-refractivity contribution in [3.63, 3.8) is 0 Å². The monoisotopic (exact) mass is 538 g/mol.